The second-order valence-corrected chi connectivity index (χ2v) is 8.65. The number of nitrogens with one attached hydrogen (secondary N) is 1. The molecule has 8 heteroatoms. The van der Waals surface area contributed by atoms with E-state index in [1.165, 1.54) is 6.20 Å². The van der Waals surface area contributed by atoms with Gasteiger partial charge in [0.1, 0.15) is 0 Å². The number of sulfonamides is 1. The van der Waals surface area contributed by atoms with Crippen LogP contribution in [-0.4, -0.2) is 36.7 Å². The Morgan fingerprint density at radius 3 is 2.80 bits per heavy atom. The van der Waals surface area contributed by atoms with Gasteiger partial charge in [0.15, 0.2) is 0 Å². The maximum absolute atomic E-state index is 12.5. The standard InChI is InChI=1S/C17H22ClN3O3S/c1-12(2)17-15(20-25(22,23)11-13-6-5-9-24-13)10-19-21(17)16-8-4-3-7-14(16)18/h3-4,7-8,10,12-13,20H,5-6,9,11H2,1-2H3/t13-/m1/s1. The smallest absolute Gasteiger partial charge is 0.235 e. The van der Waals surface area contributed by atoms with Gasteiger partial charge in [-0.2, -0.15) is 5.10 Å². The van der Waals surface area contributed by atoms with Crippen LogP contribution in [0.3, 0.4) is 0 Å². The third-order valence-electron chi connectivity index (χ3n) is 4.13. The number of benzene rings is 1. The lowest BCUT2D eigenvalue weighted by Crippen LogP contribution is -2.26. The van der Waals surface area contributed by atoms with Crippen LogP contribution in [0.15, 0.2) is 30.5 Å². The van der Waals surface area contributed by atoms with E-state index in [0.717, 1.165) is 24.2 Å². The van der Waals surface area contributed by atoms with Crippen molar-refractivity contribution in [3.63, 3.8) is 0 Å². The summed E-state index contributed by atoms with van der Waals surface area (Å²) in [6, 6.07) is 7.35. The van der Waals surface area contributed by atoms with Gasteiger partial charge >= 0.3 is 0 Å². The molecule has 2 aromatic rings. The van der Waals surface area contributed by atoms with Crippen molar-refractivity contribution in [3.05, 3.63) is 41.2 Å². The molecule has 1 aromatic carbocycles. The maximum atomic E-state index is 12.5. The van der Waals surface area contributed by atoms with Crippen molar-refractivity contribution >= 4 is 27.3 Å². The van der Waals surface area contributed by atoms with Gasteiger partial charge in [0.2, 0.25) is 10.0 Å². The number of para-hydroxylation sites is 1. The monoisotopic (exact) mass is 383 g/mol. The lowest BCUT2D eigenvalue weighted by molar-refractivity contribution is 0.127. The van der Waals surface area contributed by atoms with Crippen molar-refractivity contribution in [2.45, 2.75) is 38.7 Å². The van der Waals surface area contributed by atoms with Gasteiger partial charge in [-0.3, -0.25) is 4.72 Å². The van der Waals surface area contributed by atoms with Crippen molar-refractivity contribution < 1.29 is 13.2 Å². The Hall–Kier alpha value is -1.57. The van der Waals surface area contributed by atoms with E-state index in [9.17, 15) is 8.42 Å². The first kappa shape index (κ1) is 18.2. The molecule has 0 bridgehead atoms. The van der Waals surface area contributed by atoms with Crippen LogP contribution in [0.1, 0.15) is 38.3 Å². The van der Waals surface area contributed by atoms with E-state index in [-0.39, 0.29) is 17.8 Å². The normalized spacial score (nSPS) is 18.0. The number of halogens is 1. The molecule has 1 fully saturated rings. The molecule has 0 unspecified atom stereocenters. The van der Waals surface area contributed by atoms with Crippen molar-refractivity contribution in [2.24, 2.45) is 0 Å². The van der Waals surface area contributed by atoms with E-state index in [2.05, 4.69) is 9.82 Å². The molecule has 1 saturated heterocycles. The van der Waals surface area contributed by atoms with Crippen LogP contribution in [0.4, 0.5) is 5.69 Å². The SMILES string of the molecule is CC(C)c1c(NS(=O)(=O)C[C@H]2CCCO2)cnn1-c1ccccc1Cl. The van der Waals surface area contributed by atoms with Crippen LogP contribution < -0.4 is 4.72 Å². The molecule has 2 heterocycles. The summed E-state index contributed by atoms with van der Waals surface area (Å²) < 4.78 is 34.8. The minimum atomic E-state index is -3.51. The Balaban J connectivity index is 1.91. The lowest BCUT2D eigenvalue weighted by Gasteiger charge is -2.16. The summed E-state index contributed by atoms with van der Waals surface area (Å²) >= 11 is 6.28. The molecule has 1 N–H and O–H groups in total. The summed E-state index contributed by atoms with van der Waals surface area (Å²) in [5.74, 6) is 0.0149. The second kappa shape index (κ2) is 7.35. The van der Waals surface area contributed by atoms with E-state index in [0.29, 0.717) is 17.3 Å². The van der Waals surface area contributed by atoms with Crippen LogP contribution >= 0.6 is 11.6 Å². The van der Waals surface area contributed by atoms with Crippen molar-refractivity contribution in [1.82, 2.24) is 9.78 Å². The van der Waals surface area contributed by atoms with Gasteiger partial charge in [0.05, 0.1) is 40.1 Å². The van der Waals surface area contributed by atoms with Crippen LogP contribution in [0.25, 0.3) is 5.69 Å². The average molecular weight is 384 g/mol. The van der Waals surface area contributed by atoms with E-state index < -0.39 is 10.0 Å². The largest absolute Gasteiger partial charge is 0.377 e. The minimum absolute atomic E-state index is 0.0399. The van der Waals surface area contributed by atoms with Crippen LogP contribution in [0, 0.1) is 0 Å². The molecule has 0 amide bonds. The Morgan fingerprint density at radius 1 is 1.40 bits per heavy atom. The summed E-state index contributed by atoms with van der Waals surface area (Å²) in [5.41, 5.74) is 1.97. The van der Waals surface area contributed by atoms with Crippen LogP contribution in [0.2, 0.25) is 5.02 Å². The highest BCUT2D eigenvalue weighted by Crippen LogP contribution is 2.30. The lowest BCUT2D eigenvalue weighted by atomic mass is 10.1. The number of anilines is 1. The zero-order valence-corrected chi connectivity index (χ0v) is 15.8. The summed E-state index contributed by atoms with van der Waals surface area (Å²) in [6.07, 6.45) is 2.98. The van der Waals surface area contributed by atoms with E-state index in [1.54, 1.807) is 10.7 Å². The van der Waals surface area contributed by atoms with Crippen LogP contribution in [-0.2, 0) is 14.8 Å². The molecule has 1 atom stereocenters. The number of aromatic nitrogens is 2. The van der Waals surface area contributed by atoms with Gasteiger partial charge in [0, 0.05) is 6.61 Å². The Labute approximate surface area is 153 Å². The average Bonchev–Trinajstić information content (AvgIpc) is 3.16. The molecule has 136 valence electrons. The van der Waals surface area contributed by atoms with Gasteiger partial charge in [-0.05, 0) is 30.9 Å². The first-order chi connectivity index (χ1) is 11.9. The number of rotatable bonds is 6. The fourth-order valence-corrected chi connectivity index (χ4v) is 4.58. The number of hydrogen-bond donors (Lipinski definition) is 1. The van der Waals surface area contributed by atoms with E-state index >= 15 is 0 Å². The maximum Gasteiger partial charge on any atom is 0.235 e. The predicted molar refractivity (Wildman–Crippen MR) is 99.0 cm³/mol. The highest BCUT2D eigenvalue weighted by atomic mass is 35.5. The summed E-state index contributed by atoms with van der Waals surface area (Å²) in [6.45, 7) is 4.60. The number of nitrogens with zero attached hydrogens (tertiary/aromatic N) is 2. The Morgan fingerprint density at radius 2 is 2.16 bits per heavy atom. The Kier molecular flexibility index (Phi) is 5.36. The molecule has 1 aliphatic heterocycles. The first-order valence-electron chi connectivity index (χ1n) is 8.32. The quantitative estimate of drug-likeness (QED) is 0.827. The molecule has 3 rings (SSSR count). The van der Waals surface area contributed by atoms with Crippen molar-refractivity contribution in [1.29, 1.82) is 0 Å². The molecular formula is C17H22ClN3O3S. The number of ether oxygens (including phenoxy) is 1. The van der Waals surface area contributed by atoms with Gasteiger partial charge in [-0.1, -0.05) is 37.6 Å². The molecule has 0 aliphatic carbocycles. The van der Waals surface area contributed by atoms with Crippen molar-refractivity contribution in [3.8, 4) is 5.69 Å². The molecule has 0 spiro atoms. The van der Waals surface area contributed by atoms with Gasteiger partial charge in [0.25, 0.3) is 0 Å². The Bertz CT molecular complexity index is 843. The third-order valence-corrected chi connectivity index (χ3v) is 5.79. The molecule has 6 nitrogen and oxygen atoms in total. The highest BCUT2D eigenvalue weighted by molar-refractivity contribution is 7.92. The van der Waals surface area contributed by atoms with Gasteiger partial charge in [-0.25, -0.2) is 13.1 Å². The zero-order valence-electron chi connectivity index (χ0n) is 14.3. The minimum Gasteiger partial charge on any atom is -0.377 e. The van der Waals surface area contributed by atoms with Gasteiger partial charge < -0.3 is 4.74 Å². The molecular weight excluding hydrogens is 362 g/mol. The third kappa shape index (κ3) is 4.16. The van der Waals surface area contributed by atoms with E-state index in [1.807, 2.05) is 32.0 Å². The number of hydrogen-bond acceptors (Lipinski definition) is 4. The molecule has 1 aromatic heterocycles. The van der Waals surface area contributed by atoms with E-state index in [4.69, 9.17) is 16.3 Å². The fraction of sp³-hybridized carbons (Fsp3) is 0.471. The summed E-state index contributed by atoms with van der Waals surface area (Å²) in [4.78, 5) is 0. The topological polar surface area (TPSA) is 73.2 Å². The fourth-order valence-electron chi connectivity index (χ4n) is 3.04. The first-order valence-corrected chi connectivity index (χ1v) is 10.4. The molecule has 0 radical (unpaired) electrons. The van der Waals surface area contributed by atoms with Crippen molar-refractivity contribution in [2.75, 3.05) is 17.1 Å². The summed E-state index contributed by atoms with van der Waals surface area (Å²) in [5, 5.41) is 4.92. The van der Waals surface area contributed by atoms with Gasteiger partial charge in [-0.15, -0.1) is 0 Å². The molecule has 25 heavy (non-hydrogen) atoms. The second-order valence-electron chi connectivity index (χ2n) is 6.48. The van der Waals surface area contributed by atoms with Crippen LogP contribution in [0.5, 0.6) is 0 Å². The predicted octanol–water partition coefficient (Wildman–Crippen LogP) is 3.57. The molecule has 1 aliphatic rings. The zero-order chi connectivity index (χ0) is 18.0. The highest BCUT2D eigenvalue weighted by Gasteiger charge is 2.26. The molecule has 0 saturated carbocycles. The summed E-state index contributed by atoms with van der Waals surface area (Å²) in [7, 11) is -3.51.